The zero-order chi connectivity index (χ0) is 22.0. The Hall–Kier alpha value is -2.83. The molecule has 7 heteroatoms. The Morgan fingerprint density at radius 3 is 2.74 bits per heavy atom. The molecule has 6 nitrogen and oxygen atoms in total. The van der Waals surface area contributed by atoms with Gasteiger partial charge in [-0.15, -0.1) is 0 Å². The van der Waals surface area contributed by atoms with Crippen LogP contribution >= 0.6 is 11.6 Å². The summed E-state index contributed by atoms with van der Waals surface area (Å²) in [6.45, 7) is 3.37. The summed E-state index contributed by atoms with van der Waals surface area (Å²) < 4.78 is 17.0. The Balaban J connectivity index is 1.85. The molecule has 0 saturated heterocycles. The van der Waals surface area contributed by atoms with Gasteiger partial charge in [-0.25, -0.2) is 0 Å². The number of hydrogen-bond donors (Lipinski definition) is 0. The van der Waals surface area contributed by atoms with Crippen molar-refractivity contribution < 1.29 is 18.7 Å². The topological polar surface area (TPSA) is 69.0 Å². The molecule has 0 fully saturated rings. The predicted octanol–water partition coefficient (Wildman–Crippen LogP) is 4.82. The Labute approximate surface area is 185 Å². The van der Waals surface area contributed by atoms with E-state index in [1.165, 1.54) is 0 Å². The van der Waals surface area contributed by atoms with Crippen LogP contribution in [0.5, 0.6) is 5.75 Å². The molecule has 2 heterocycles. The van der Waals surface area contributed by atoms with E-state index in [0.717, 1.165) is 18.4 Å². The molecular weight excluding hydrogens is 418 g/mol. The summed E-state index contributed by atoms with van der Waals surface area (Å²) >= 11 is 6.11. The van der Waals surface area contributed by atoms with E-state index in [-0.39, 0.29) is 17.1 Å². The standard InChI is InChI=1S/C24H24ClNO5/c1-3-4-11-30-17-7-5-6-15(13-17)21-20-22(27)18-14-16(25)8-9-19(18)31-23(20)24(28)26(21)10-12-29-2/h5-9,13-14,21H,3-4,10-12H2,1-2H3. The van der Waals surface area contributed by atoms with Crippen LogP contribution in [-0.4, -0.2) is 37.7 Å². The highest BCUT2D eigenvalue weighted by Crippen LogP contribution is 2.39. The van der Waals surface area contributed by atoms with Crippen LogP contribution < -0.4 is 10.2 Å². The van der Waals surface area contributed by atoms with Crippen molar-refractivity contribution in [3.63, 3.8) is 0 Å². The fourth-order valence-electron chi connectivity index (χ4n) is 3.87. The summed E-state index contributed by atoms with van der Waals surface area (Å²) in [5, 5.41) is 0.788. The summed E-state index contributed by atoms with van der Waals surface area (Å²) in [5.41, 5.74) is 1.19. The molecule has 1 aliphatic heterocycles. The Bertz CT molecular complexity index is 1170. The quantitative estimate of drug-likeness (QED) is 0.469. The average Bonchev–Trinajstić information content (AvgIpc) is 3.05. The molecule has 0 radical (unpaired) electrons. The number of methoxy groups -OCH3 is 1. The number of benzene rings is 2. The van der Waals surface area contributed by atoms with Gasteiger partial charge in [0.2, 0.25) is 5.76 Å². The van der Waals surface area contributed by atoms with Gasteiger partial charge >= 0.3 is 0 Å². The smallest absolute Gasteiger partial charge is 0.290 e. The number of nitrogens with zero attached hydrogens (tertiary/aromatic N) is 1. The first kappa shape index (κ1) is 21.4. The van der Waals surface area contributed by atoms with Gasteiger partial charge in [-0.2, -0.15) is 0 Å². The lowest BCUT2D eigenvalue weighted by atomic mass is 9.98. The normalized spacial score (nSPS) is 15.5. The second-order valence-electron chi connectivity index (χ2n) is 7.48. The fourth-order valence-corrected chi connectivity index (χ4v) is 4.04. The van der Waals surface area contributed by atoms with Crippen LogP contribution in [0.2, 0.25) is 5.02 Å². The molecule has 1 unspecified atom stereocenters. The first-order chi connectivity index (χ1) is 15.0. The van der Waals surface area contributed by atoms with Crippen LogP contribution in [0.15, 0.2) is 51.7 Å². The highest BCUT2D eigenvalue weighted by atomic mass is 35.5. The number of carbonyl (C=O) groups excluding carboxylic acids is 1. The lowest BCUT2D eigenvalue weighted by Gasteiger charge is -2.25. The number of amides is 1. The van der Waals surface area contributed by atoms with Crippen molar-refractivity contribution >= 4 is 28.5 Å². The fraction of sp³-hybridized carbons (Fsp3) is 0.333. The zero-order valence-electron chi connectivity index (χ0n) is 17.5. The largest absolute Gasteiger partial charge is 0.494 e. The van der Waals surface area contributed by atoms with E-state index in [1.807, 2.05) is 24.3 Å². The predicted molar refractivity (Wildman–Crippen MR) is 119 cm³/mol. The summed E-state index contributed by atoms with van der Waals surface area (Å²) in [7, 11) is 1.57. The van der Waals surface area contributed by atoms with Crippen molar-refractivity contribution in [1.29, 1.82) is 0 Å². The number of rotatable bonds is 8. The van der Waals surface area contributed by atoms with Gasteiger partial charge in [-0.1, -0.05) is 37.1 Å². The molecule has 2 aromatic carbocycles. The van der Waals surface area contributed by atoms with E-state index in [0.29, 0.717) is 47.1 Å². The first-order valence-electron chi connectivity index (χ1n) is 10.3. The molecule has 0 N–H and O–H groups in total. The molecular formula is C24H24ClNO5. The molecule has 1 aromatic heterocycles. The lowest BCUT2D eigenvalue weighted by Crippen LogP contribution is -2.32. The van der Waals surface area contributed by atoms with Crippen molar-refractivity contribution in [2.24, 2.45) is 0 Å². The van der Waals surface area contributed by atoms with Crippen molar-refractivity contribution in [3.05, 3.63) is 74.6 Å². The van der Waals surface area contributed by atoms with Gasteiger partial charge in [0.1, 0.15) is 11.3 Å². The minimum atomic E-state index is -0.591. The Kier molecular flexibility index (Phi) is 6.30. The second kappa shape index (κ2) is 9.12. The van der Waals surface area contributed by atoms with Crippen molar-refractivity contribution in [3.8, 4) is 5.75 Å². The third-order valence-electron chi connectivity index (χ3n) is 5.40. The van der Waals surface area contributed by atoms with Crippen LogP contribution in [0.1, 0.15) is 47.5 Å². The molecule has 0 bridgehead atoms. The molecule has 0 saturated carbocycles. The molecule has 162 valence electrons. The van der Waals surface area contributed by atoms with Gasteiger partial charge in [0.05, 0.1) is 30.2 Å². The SMILES string of the molecule is CCCCOc1cccc(C2c3c(oc4ccc(Cl)cc4c3=O)C(=O)N2CCOC)c1. The summed E-state index contributed by atoms with van der Waals surface area (Å²) in [4.78, 5) is 28.3. The van der Waals surface area contributed by atoms with Crippen LogP contribution in [0.4, 0.5) is 0 Å². The number of halogens is 1. The Morgan fingerprint density at radius 1 is 1.13 bits per heavy atom. The van der Waals surface area contributed by atoms with Gasteiger partial charge in [0, 0.05) is 18.7 Å². The molecule has 3 aromatic rings. The van der Waals surface area contributed by atoms with Crippen LogP contribution in [0.3, 0.4) is 0 Å². The van der Waals surface area contributed by atoms with Gasteiger partial charge in [0.15, 0.2) is 5.43 Å². The maximum absolute atomic E-state index is 13.5. The van der Waals surface area contributed by atoms with Crippen molar-refractivity contribution in [2.75, 3.05) is 26.9 Å². The summed E-state index contributed by atoms with van der Waals surface area (Å²) in [6.07, 6.45) is 1.98. The summed E-state index contributed by atoms with van der Waals surface area (Å²) in [5.74, 6) is 0.438. The lowest BCUT2D eigenvalue weighted by molar-refractivity contribution is 0.0663. The molecule has 31 heavy (non-hydrogen) atoms. The molecule has 4 rings (SSSR count). The third-order valence-corrected chi connectivity index (χ3v) is 5.64. The number of hydrogen-bond acceptors (Lipinski definition) is 5. The van der Waals surface area contributed by atoms with Gasteiger partial charge in [0.25, 0.3) is 5.91 Å². The van der Waals surface area contributed by atoms with E-state index in [1.54, 1.807) is 30.2 Å². The molecule has 1 aliphatic rings. The highest BCUT2D eigenvalue weighted by molar-refractivity contribution is 6.31. The maximum atomic E-state index is 13.5. The van der Waals surface area contributed by atoms with Crippen molar-refractivity contribution in [1.82, 2.24) is 4.90 Å². The van der Waals surface area contributed by atoms with E-state index < -0.39 is 6.04 Å². The van der Waals surface area contributed by atoms with Crippen LogP contribution in [-0.2, 0) is 4.74 Å². The van der Waals surface area contributed by atoms with E-state index in [9.17, 15) is 9.59 Å². The zero-order valence-corrected chi connectivity index (χ0v) is 18.3. The van der Waals surface area contributed by atoms with Gasteiger partial charge < -0.3 is 18.8 Å². The van der Waals surface area contributed by atoms with Crippen LogP contribution in [0, 0.1) is 0 Å². The summed E-state index contributed by atoms with van der Waals surface area (Å²) in [6, 6.07) is 11.7. The highest BCUT2D eigenvalue weighted by Gasteiger charge is 2.42. The number of ether oxygens (including phenoxy) is 2. The molecule has 1 atom stereocenters. The number of carbonyl (C=O) groups is 1. The first-order valence-corrected chi connectivity index (χ1v) is 10.7. The minimum Gasteiger partial charge on any atom is -0.494 e. The minimum absolute atomic E-state index is 0.0678. The van der Waals surface area contributed by atoms with Crippen molar-refractivity contribution in [2.45, 2.75) is 25.8 Å². The van der Waals surface area contributed by atoms with Gasteiger partial charge in [-0.3, -0.25) is 9.59 Å². The second-order valence-corrected chi connectivity index (χ2v) is 7.92. The maximum Gasteiger partial charge on any atom is 0.290 e. The van der Waals surface area contributed by atoms with Gasteiger partial charge in [-0.05, 0) is 42.3 Å². The monoisotopic (exact) mass is 441 g/mol. The number of unbranched alkanes of at least 4 members (excludes halogenated alkanes) is 1. The van der Waals surface area contributed by atoms with E-state index in [4.69, 9.17) is 25.5 Å². The third kappa shape index (κ3) is 4.05. The van der Waals surface area contributed by atoms with E-state index in [2.05, 4.69) is 6.92 Å². The Morgan fingerprint density at radius 2 is 1.97 bits per heavy atom. The molecule has 0 spiro atoms. The molecule has 1 amide bonds. The molecule has 0 aliphatic carbocycles. The average molecular weight is 442 g/mol. The van der Waals surface area contributed by atoms with E-state index >= 15 is 0 Å². The van der Waals surface area contributed by atoms with Crippen LogP contribution in [0.25, 0.3) is 11.0 Å². The number of fused-ring (bicyclic) bond motifs is 2.